The van der Waals surface area contributed by atoms with Crippen LogP contribution in [0.5, 0.6) is 0 Å². The van der Waals surface area contributed by atoms with Crippen molar-refractivity contribution in [3.05, 3.63) is 0 Å². The fraction of sp³-hybridized carbons (Fsp3) is 0.800. The summed E-state index contributed by atoms with van der Waals surface area (Å²) in [7, 11) is 1.17. The largest absolute Gasteiger partial charge is 0.468 e. The molecule has 0 aromatic heterocycles. The zero-order valence-corrected chi connectivity index (χ0v) is 5.48. The zero-order valence-electron chi connectivity index (χ0n) is 5.48. The Labute approximate surface area is 53.0 Å². The van der Waals surface area contributed by atoms with Gasteiger partial charge in [0.05, 0.1) is 7.11 Å². The molecule has 0 bridgehead atoms. The summed E-state index contributed by atoms with van der Waals surface area (Å²) in [5.41, 5.74) is 3.64. The van der Waals surface area contributed by atoms with Crippen molar-refractivity contribution in [2.24, 2.45) is 5.73 Å². The number of nitrogens with two attached hydrogens (primary N) is 1. The first-order chi connectivity index (χ1) is 4.04. The maximum Gasteiger partial charge on any atom is 0.328 e. The predicted octanol–water partition coefficient (Wildman–Crippen LogP) is -0.154. The number of hydrogen-bond donors (Lipinski definition) is 1. The smallest absolute Gasteiger partial charge is 0.328 e. The minimum atomic E-state index is -1.48. The molecule has 1 atom stereocenters. The van der Waals surface area contributed by atoms with E-state index < -0.39 is 18.2 Å². The number of rotatable bonds is 2. The van der Waals surface area contributed by atoms with Gasteiger partial charge >= 0.3 is 5.97 Å². The lowest BCUT2D eigenvalue weighted by molar-refractivity contribution is -0.146. The summed E-state index contributed by atoms with van der Waals surface area (Å²) in [5.74, 6) is -0.731. The van der Waals surface area contributed by atoms with Crippen LogP contribution in [-0.4, -0.2) is 25.3 Å². The van der Waals surface area contributed by atoms with Gasteiger partial charge in [0.2, 0.25) is 0 Å². The Morgan fingerprint density at radius 2 is 2.33 bits per heavy atom. The fourth-order valence-electron chi connectivity index (χ4n) is 0.288. The number of esters is 1. The molecule has 0 aliphatic carbocycles. The molecule has 0 aliphatic heterocycles. The lowest BCUT2D eigenvalue weighted by Crippen LogP contribution is -2.47. The molecule has 0 heterocycles. The topological polar surface area (TPSA) is 52.3 Å². The molecule has 0 fully saturated rings. The van der Waals surface area contributed by atoms with E-state index in [2.05, 4.69) is 4.74 Å². The standard InChI is InChI=1S/C5H10FNO2/c1-5(7,3-6)4(8)9-2/h3,7H2,1-2H3/t5-/m0/s1. The first-order valence-corrected chi connectivity index (χ1v) is 2.48. The average Bonchev–Trinajstić information content (AvgIpc) is 1.86. The molecule has 0 aliphatic rings. The van der Waals surface area contributed by atoms with Gasteiger partial charge in [-0.05, 0) is 6.92 Å². The van der Waals surface area contributed by atoms with Gasteiger partial charge < -0.3 is 10.5 Å². The molecule has 4 heteroatoms. The molecular weight excluding hydrogens is 125 g/mol. The summed E-state index contributed by atoms with van der Waals surface area (Å²) in [6, 6.07) is 0. The van der Waals surface area contributed by atoms with Crippen molar-refractivity contribution >= 4 is 5.97 Å². The highest BCUT2D eigenvalue weighted by Gasteiger charge is 2.28. The van der Waals surface area contributed by atoms with Gasteiger partial charge in [-0.15, -0.1) is 0 Å². The highest BCUT2D eigenvalue weighted by atomic mass is 19.1. The first kappa shape index (κ1) is 8.36. The van der Waals surface area contributed by atoms with Crippen molar-refractivity contribution in [3.8, 4) is 0 Å². The summed E-state index contributed by atoms with van der Waals surface area (Å²) in [4.78, 5) is 10.5. The molecular formula is C5H10FNO2. The Hall–Kier alpha value is -0.640. The van der Waals surface area contributed by atoms with Crippen LogP contribution in [0.3, 0.4) is 0 Å². The molecule has 0 saturated carbocycles. The van der Waals surface area contributed by atoms with E-state index in [-0.39, 0.29) is 0 Å². The van der Waals surface area contributed by atoms with E-state index in [1.807, 2.05) is 0 Å². The van der Waals surface area contributed by atoms with Crippen LogP contribution in [0.2, 0.25) is 0 Å². The Kier molecular flexibility index (Phi) is 2.58. The third-order valence-electron chi connectivity index (χ3n) is 0.929. The van der Waals surface area contributed by atoms with Crippen molar-refractivity contribution in [3.63, 3.8) is 0 Å². The van der Waals surface area contributed by atoms with Crippen LogP contribution in [0.25, 0.3) is 0 Å². The van der Waals surface area contributed by atoms with E-state index in [1.54, 1.807) is 0 Å². The Balaban J connectivity index is 3.97. The Morgan fingerprint density at radius 1 is 1.89 bits per heavy atom. The second kappa shape index (κ2) is 2.77. The van der Waals surface area contributed by atoms with Crippen LogP contribution in [0.1, 0.15) is 6.92 Å². The molecule has 0 spiro atoms. The van der Waals surface area contributed by atoms with Crippen LogP contribution < -0.4 is 5.73 Å². The molecule has 3 nitrogen and oxygen atoms in total. The number of methoxy groups -OCH3 is 1. The van der Waals surface area contributed by atoms with Gasteiger partial charge in [0.1, 0.15) is 12.2 Å². The molecule has 9 heavy (non-hydrogen) atoms. The number of halogens is 1. The number of carbonyl (C=O) groups excluding carboxylic acids is 1. The van der Waals surface area contributed by atoms with Crippen molar-refractivity contribution < 1.29 is 13.9 Å². The maximum absolute atomic E-state index is 11.8. The first-order valence-electron chi connectivity index (χ1n) is 2.48. The monoisotopic (exact) mass is 135 g/mol. The molecule has 0 radical (unpaired) electrons. The van der Waals surface area contributed by atoms with Gasteiger partial charge in [-0.25, -0.2) is 9.18 Å². The average molecular weight is 135 g/mol. The molecule has 0 aromatic rings. The molecule has 0 amide bonds. The van der Waals surface area contributed by atoms with Gasteiger partial charge in [-0.1, -0.05) is 0 Å². The minimum absolute atomic E-state index is 0.731. The molecule has 54 valence electrons. The van der Waals surface area contributed by atoms with Gasteiger partial charge in [0.15, 0.2) is 0 Å². The number of ether oxygens (including phenoxy) is 1. The highest BCUT2D eigenvalue weighted by Crippen LogP contribution is 2.01. The Morgan fingerprint density at radius 3 is 2.44 bits per heavy atom. The van der Waals surface area contributed by atoms with Crippen LogP contribution in [0.4, 0.5) is 4.39 Å². The van der Waals surface area contributed by atoms with Crippen LogP contribution in [0.15, 0.2) is 0 Å². The lowest BCUT2D eigenvalue weighted by Gasteiger charge is -2.15. The summed E-state index contributed by atoms with van der Waals surface area (Å²) in [6.07, 6.45) is 0. The summed E-state index contributed by atoms with van der Waals surface area (Å²) in [5, 5.41) is 0. The van der Waals surface area contributed by atoms with Crippen molar-refractivity contribution in [1.29, 1.82) is 0 Å². The molecule has 0 aromatic carbocycles. The van der Waals surface area contributed by atoms with Crippen molar-refractivity contribution in [1.82, 2.24) is 0 Å². The van der Waals surface area contributed by atoms with Gasteiger partial charge in [0, 0.05) is 0 Å². The summed E-state index contributed by atoms with van der Waals surface area (Å²) in [6.45, 7) is 0.374. The quantitative estimate of drug-likeness (QED) is 0.535. The summed E-state index contributed by atoms with van der Waals surface area (Å²) < 4.78 is 16.0. The molecule has 2 N–H and O–H groups in total. The van der Waals surface area contributed by atoms with E-state index in [0.717, 1.165) is 0 Å². The van der Waals surface area contributed by atoms with Crippen molar-refractivity contribution in [2.45, 2.75) is 12.5 Å². The highest BCUT2D eigenvalue weighted by molar-refractivity contribution is 5.79. The fourth-order valence-corrected chi connectivity index (χ4v) is 0.288. The lowest BCUT2D eigenvalue weighted by atomic mass is 10.1. The van der Waals surface area contributed by atoms with E-state index in [0.29, 0.717) is 0 Å². The maximum atomic E-state index is 11.8. The Bertz CT molecular complexity index is 114. The molecule has 0 saturated heterocycles. The van der Waals surface area contributed by atoms with Gasteiger partial charge in [0.25, 0.3) is 0 Å². The summed E-state index contributed by atoms with van der Waals surface area (Å²) >= 11 is 0. The van der Waals surface area contributed by atoms with Gasteiger partial charge in [-0.3, -0.25) is 0 Å². The SMILES string of the molecule is COC(=O)[C@@](C)(N)CF. The number of carbonyl (C=O) groups is 1. The van der Waals surface area contributed by atoms with E-state index in [4.69, 9.17) is 5.73 Å². The van der Waals surface area contributed by atoms with Crippen LogP contribution in [0, 0.1) is 0 Å². The second-order valence-corrected chi connectivity index (χ2v) is 2.04. The van der Waals surface area contributed by atoms with E-state index >= 15 is 0 Å². The predicted molar refractivity (Wildman–Crippen MR) is 30.6 cm³/mol. The normalized spacial score (nSPS) is 16.4. The third kappa shape index (κ3) is 1.97. The number of alkyl halides is 1. The molecule has 0 unspecified atom stereocenters. The number of hydrogen-bond acceptors (Lipinski definition) is 3. The zero-order chi connectivity index (χ0) is 7.49. The van der Waals surface area contributed by atoms with Crippen LogP contribution in [-0.2, 0) is 9.53 Å². The van der Waals surface area contributed by atoms with E-state index in [1.165, 1.54) is 14.0 Å². The van der Waals surface area contributed by atoms with Gasteiger partial charge in [-0.2, -0.15) is 0 Å². The van der Waals surface area contributed by atoms with Crippen LogP contribution >= 0.6 is 0 Å². The molecule has 0 rings (SSSR count). The van der Waals surface area contributed by atoms with Crippen molar-refractivity contribution in [2.75, 3.05) is 13.8 Å². The second-order valence-electron chi connectivity index (χ2n) is 2.04. The van der Waals surface area contributed by atoms with E-state index in [9.17, 15) is 9.18 Å². The third-order valence-corrected chi connectivity index (χ3v) is 0.929. The minimum Gasteiger partial charge on any atom is -0.468 e.